The third-order valence-electron chi connectivity index (χ3n) is 1.70. The Balaban J connectivity index is 2.83. The van der Waals surface area contributed by atoms with Gasteiger partial charge in [-0.3, -0.25) is 0 Å². The molecule has 0 spiro atoms. The van der Waals surface area contributed by atoms with Gasteiger partial charge in [-0.05, 0) is 11.6 Å². The first-order valence-corrected chi connectivity index (χ1v) is 5.91. The van der Waals surface area contributed by atoms with Gasteiger partial charge in [0, 0.05) is 12.1 Å². The fourth-order valence-electron chi connectivity index (χ4n) is 1.02. The molecule has 3 nitrogen and oxygen atoms in total. The van der Waals surface area contributed by atoms with Crippen molar-refractivity contribution in [1.29, 1.82) is 0 Å². The molecule has 1 rings (SSSR count). The zero-order valence-electron chi connectivity index (χ0n) is 7.82. The molecule has 0 amide bonds. The average Bonchev–Trinajstić information content (AvgIpc) is 2.14. The lowest BCUT2D eigenvalue weighted by atomic mass is 10.1. The van der Waals surface area contributed by atoms with Crippen LogP contribution in [0.25, 0.3) is 0 Å². The maximum Gasteiger partial charge on any atom is 0.209 e. The van der Waals surface area contributed by atoms with Gasteiger partial charge < -0.3 is 0 Å². The van der Waals surface area contributed by atoms with Crippen LogP contribution in [-0.2, 0) is 16.6 Å². The average molecular weight is 209 g/mol. The minimum absolute atomic E-state index is 0.235. The van der Waals surface area contributed by atoms with Crippen molar-refractivity contribution in [3.8, 4) is 12.3 Å². The van der Waals surface area contributed by atoms with E-state index in [4.69, 9.17) is 6.42 Å². The van der Waals surface area contributed by atoms with Crippen LogP contribution in [0.1, 0.15) is 11.1 Å². The van der Waals surface area contributed by atoms with Gasteiger partial charge in [0.25, 0.3) is 0 Å². The van der Waals surface area contributed by atoms with Crippen molar-refractivity contribution >= 4 is 10.0 Å². The Morgan fingerprint density at radius 2 is 2.07 bits per heavy atom. The first kappa shape index (κ1) is 10.8. The number of nitrogens with one attached hydrogen (secondary N) is 1. The Morgan fingerprint density at radius 1 is 1.43 bits per heavy atom. The second kappa shape index (κ2) is 4.27. The van der Waals surface area contributed by atoms with Crippen LogP contribution in [0.4, 0.5) is 0 Å². The monoisotopic (exact) mass is 209 g/mol. The number of benzene rings is 1. The summed E-state index contributed by atoms with van der Waals surface area (Å²) < 4.78 is 24.1. The van der Waals surface area contributed by atoms with Crippen molar-refractivity contribution in [1.82, 2.24) is 4.72 Å². The van der Waals surface area contributed by atoms with E-state index in [0.717, 1.165) is 11.8 Å². The Labute approximate surface area is 84.2 Å². The molecule has 0 bridgehead atoms. The molecule has 0 aliphatic carbocycles. The first-order valence-electron chi connectivity index (χ1n) is 4.02. The van der Waals surface area contributed by atoms with E-state index in [0.29, 0.717) is 5.56 Å². The molecule has 14 heavy (non-hydrogen) atoms. The number of hydrogen-bond acceptors (Lipinski definition) is 2. The van der Waals surface area contributed by atoms with Gasteiger partial charge in [0.1, 0.15) is 0 Å². The SMILES string of the molecule is C#Cc1ccccc1CNS(C)(=O)=O. The molecule has 0 heterocycles. The Kier molecular flexibility index (Phi) is 3.28. The van der Waals surface area contributed by atoms with Gasteiger partial charge in [0.15, 0.2) is 0 Å². The van der Waals surface area contributed by atoms with Crippen LogP contribution in [0.15, 0.2) is 24.3 Å². The highest BCUT2D eigenvalue weighted by Crippen LogP contribution is 2.06. The predicted octanol–water partition coefficient (Wildman–Crippen LogP) is 0.717. The molecule has 0 saturated carbocycles. The molecule has 0 aliphatic heterocycles. The molecule has 74 valence electrons. The quantitative estimate of drug-likeness (QED) is 0.745. The molecule has 0 radical (unpaired) electrons. The third-order valence-corrected chi connectivity index (χ3v) is 2.37. The summed E-state index contributed by atoms with van der Waals surface area (Å²) in [6.45, 7) is 0.235. The number of hydrogen-bond donors (Lipinski definition) is 1. The highest BCUT2D eigenvalue weighted by atomic mass is 32.2. The fourth-order valence-corrected chi connectivity index (χ4v) is 1.44. The third kappa shape index (κ3) is 3.21. The Morgan fingerprint density at radius 3 is 2.64 bits per heavy atom. The fraction of sp³-hybridized carbons (Fsp3) is 0.200. The van der Waals surface area contributed by atoms with Gasteiger partial charge >= 0.3 is 0 Å². The summed E-state index contributed by atoms with van der Waals surface area (Å²) in [7, 11) is -3.17. The van der Waals surface area contributed by atoms with Gasteiger partial charge in [0.2, 0.25) is 10.0 Å². The second-order valence-electron chi connectivity index (χ2n) is 2.89. The van der Waals surface area contributed by atoms with Crippen LogP contribution < -0.4 is 4.72 Å². The first-order chi connectivity index (χ1) is 6.53. The maximum absolute atomic E-state index is 10.8. The van der Waals surface area contributed by atoms with Crippen molar-refractivity contribution in [2.24, 2.45) is 0 Å². The molecule has 0 saturated heterocycles. The van der Waals surface area contributed by atoms with Gasteiger partial charge in [-0.25, -0.2) is 13.1 Å². The lowest BCUT2D eigenvalue weighted by Crippen LogP contribution is -2.21. The second-order valence-corrected chi connectivity index (χ2v) is 4.73. The zero-order chi connectivity index (χ0) is 10.6. The maximum atomic E-state index is 10.8. The molecule has 0 aliphatic rings. The van der Waals surface area contributed by atoms with Crippen LogP contribution in [0, 0.1) is 12.3 Å². The Hall–Kier alpha value is -1.31. The van der Waals surface area contributed by atoms with Crippen LogP contribution in [0.5, 0.6) is 0 Å². The van der Waals surface area contributed by atoms with E-state index in [1.807, 2.05) is 12.1 Å². The number of terminal acetylenes is 1. The minimum atomic E-state index is -3.17. The lowest BCUT2D eigenvalue weighted by molar-refractivity contribution is 0.587. The van der Waals surface area contributed by atoms with Gasteiger partial charge in [-0.2, -0.15) is 0 Å². The van der Waals surface area contributed by atoms with E-state index in [1.54, 1.807) is 12.1 Å². The minimum Gasteiger partial charge on any atom is -0.213 e. The van der Waals surface area contributed by atoms with E-state index < -0.39 is 10.0 Å². The molecule has 0 aromatic heterocycles. The summed E-state index contributed by atoms with van der Waals surface area (Å²) in [5, 5.41) is 0. The molecule has 1 N–H and O–H groups in total. The summed E-state index contributed by atoms with van der Waals surface area (Å²) >= 11 is 0. The summed E-state index contributed by atoms with van der Waals surface area (Å²) in [5.41, 5.74) is 1.52. The van der Waals surface area contributed by atoms with Crippen molar-refractivity contribution in [3.63, 3.8) is 0 Å². The largest absolute Gasteiger partial charge is 0.213 e. The summed E-state index contributed by atoms with van der Waals surface area (Å²) in [5.74, 6) is 2.50. The van der Waals surface area contributed by atoms with Crippen LogP contribution in [-0.4, -0.2) is 14.7 Å². The van der Waals surface area contributed by atoms with Gasteiger partial charge in [-0.15, -0.1) is 6.42 Å². The zero-order valence-corrected chi connectivity index (χ0v) is 8.64. The highest BCUT2D eigenvalue weighted by Gasteiger charge is 2.03. The Bertz CT molecular complexity index is 457. The topological polar surface area (TPSA) is 46.2 Å². The molecule has 0 unspecified atom stereocenters. The van der Waals surface area contributed by atoms with Crippen LogP contribution >= 0.6 is 0 Å². The van der Waals surface area contributed by atoms with E-state index in [2.05, 4.69) is 10.6 Å². The van der Waals surface area contributed by atoms with Crippen molar-refractivity contribution in [3.05, 3.63) is 35.4 Å². The van der Waals surface area contributed by atoms with Crippen molar-refractivity contribution in [2.45, 2.75) is 6.54 Å². The van der Waals surface area contributed by atoms with Gasteiger partial charge in [0.05, 0.1) is 6.26 Å². The molecule has 0 atom stereocenters. The molecular formula is C10H11NO2S. The van der Waals surface area contributed by atoms with Crippen LogP contribution in [0.2, 0.25) is 0 Å². The summed E-state index contributed by atoms with van der Waals surface area (Å²) in [4.78, 5) is 0. The highest BCUT2D eigenvalue weighted by molar-refractivity contribution is 7.88. The van der Waals surface area contributed by atoms with Crippen LogP contribution in [0.3, 0.4) is 0 Å². The van der Waals surface area contributed by atoms with E-state index in [1.165, 1.54) is 0 Å². The van der Waals surface area contributed by atoms with Crippen molar-refractivity contribution < 1.29 is 8.42 Å². The molecular weight excluding hydrogens is 198 g/mol. The lowest BCUT2D eigenvalue weighted by Gasteiger charge is -2.04. The van der Waals surface area contributed by atoms with E-state index in [-0.39, 0.29) is 6.54 Å². The summed E-state index contributed by atoms with van der Waals surface area (Å²) in [6.07, 6.45) is 6.38. The number of rotatable bonds is 3. The van der Waals surface area contributed by atoms with Gasteiger partial charge in [-0.1, -0.05) is 24.1 Å². The number of sulfonamides is 1. The molecule has 4 heteroatoms. The molecule has 0 fully saturated rings. The smallest absolute Gasteiger partial charge is 0.209 e. The summed E-state index contributed by atoms with van der Waals surface area (Å²) in [6, 6.07) is 7.21. The van der Waals surface area contributed by atoms with E-state index >= 15 is 0 Å². The predicted molar refractivity (Wildman–Crippen MR) is 56.1 cm³/mol. The van der Waals surface area contributed by atoms with E-state index in [9.17, 15) is 8.42 Å². The molecule has 1 aromatic carbocycles. The normalized spacial score (nSPS) is 10.9. The standard InChI is InChI=1S/C10H11NO2S/c1-3-9-6-4-5-7-10(9)8-11-14(2,12)13/h1,4-7,11H,8H2,2H3. The molecule has 1 aromatic rings. The van der Waals surface area contributed by atoms with Crippen molar-refractivity contribution in [2.75, 3.05) is 6.26 Å².